The average molecular weight is 347 g/mol. The van der Waals surface area contributed by atoms with Gasteiger partial charge in [0, 0.05) is 31.9 Å². The lowest BCUT2D eigenvalue weighted by molar-refractivity contribution is 0.122. The molecule has 1 aliphatic heterocycles. The second kappa shape index (κ2) is 11.7. The van der Waals surface area contributed by atoms with Gasteiger partial charge in [0.05, 0.1) is 19.8 Å². The number of nitrogens with one attached hydrogen (secondary N) is 2. The number of aliphatic imine (C=N–C) groups is 1. The van der Waals surface area contributed by atoms with Gasteiger partial charge in [-0.05, 0) is 25.0 Å². The molecule has 0 saturated carbocycles. The zero-order chi connectivity index (χ0) is 17.7. The van der Waals surface area contributed by atoms with Gasteiger partial charge in [0.15, 0.2) is 5.96 Å². The molecule has 1 aromatic carbocycles. The monoisotopic (exact) mass is 346 g/mol. The molecular formula is C20H34N4O. The highest BCUT2D eigenvalue weighted by atomic mass is 16.5. The average Bonchev–Trinajstić information content (AvgIpc) is 2.67. The molecule has 0 bridgehead atoms. The molecule has 140 valence electrons. The molecule has 2 rings (SSSR count). The topological polar surface area (TPSA) is 48.9 Å². The van der Waals surface area contributed by atoms with E-state index in [1.54, 1.807) is 0 Å². The van der Waals surface area contributed by atoms with Crippen LogP contribution in [0.2, 0.25) is 0 Å². The molecule has 1 aromatic rings. The van der Waals surface area contributed by atoms with Crippen molar-refractivity contribution in [3.63, 3.8) is 0 Å². The van der Waals surface area contributed by atoms with Crippen LogP contribution in [0.1, 0.15) is 45.1 Å². The molecule has 0 aliphatic carbocycles. The number of nitrogens with zero attached hydrogens (tertiary/aromatic N) is 2. The lowest BCUT2D eigenvalue weighted by Gasteiger charge is -2.30. The lowest BCUT2D eigenvalue weighted by atomic mass is 10.1. The van der Waals surface area contributed by atoms with E-state index in [-0.39, 0.29) is 0 Å². The summed E-state index contributed by atoms with van der Waals surface area (Å²) in [5.41, 5.74) is 2.56. The Morgan fingerprint density at radius 3 is 2.64 bits per heavy atom. The molecule has 1 fully saturated rings. The fourth-order valence-electron chi connectivity index (χ4n) is 3.02. The number of benzene rings is 1. The number of hydrogen-bond donors (Lipinski definition) is 2. The van der Waals surface area contributed by atoms with Gasteiger partial charge in [-0.3, -0.25) is 0 Å². The van der Waals surface area contributed by atoms with Gasteiger partial charge in [-0.25, -0.2) is 4.99 Å². The number of morpholine rings is 1. The maximum Gasteiger partial charge on any atom is 0.191 e. The first-order valence-electron chi connectivity index (χ1n) is 9.78. The van der Waals surface area contributed by atoms with Crippen molar-refractivity contribution < 1.29 is 4.74 Å². The Bertz CT molecular complexity index is 512. The minimum Gasteiger partial charge on any atom is -0.378 e. The smallest absolute Gasteiger partial charge is 0.191 e. The largest absolute Gasteiger partial charge is 0.378 e. The van der Waals surface area contributed by atoms with E-state index in [2.05, 4.69) is 53.6 Å². The predicted molar refractivity (Wildman–Crippen MR) is 106 cm³/mol. The van der Waals surface area contributed by atoms with Crippen LogP contribution in [-0.4, -0.2) is 45.4 Å². The molecule has 1 aliphatic rings. The van der Waals surface area contributed by atoms with Gasteiger partial charge < -0.3 is 20.3 Å². The van der Waals surface area contributed by atoms with E-state index in [0.29, 0.717) is 6.54 Å². The molecule has 0 amide bonds. The Morgan fingerprint density at radius 2 is 1.88 bits per heavy atom. The van der Waals surface area contributed by atoms with Crippen LogP contribution in [0.3, 0.4) is 0 Å². The van der Waals surface area contributed by atoms with Crippen molar-refractivity contribution in [2.24, 2.45) is 4.99 Å². The summed E-state index contributed by atoms with van der Waals surface area (Å²) in [6, 6.07) is 8.58. The van der Waals surface area contributed by atoms with Crippen LogP contribution < -0.4 is 15.5 Å². The normalized spacial score (nSPS) is 15.3. The van der Waals surface area contributed by atoms with Gasteiger partial charge in [-0.15, -0.1) is 0 Å². The van der Waals surface area contributed by atoms with Crippen molar-refractivity contribution in [3.05, 3.63) is 29.8 Å². The molecule has 25 heavy (non-hydrogen) atoms. The Hall–Kier alpha value is -1.75. The summed E-state index contributed by atoms with van der Waals surface area (Å²) < 4.78 is 5.47. The molecule has 2 N–H and O–H groups in total. The summed E-state index contributed by atoms with van der Waals surface area (Å²) in [6.45, 7) is 10.4. The second-order valence-corrected chi connectivity index (χ2v) is 6.41. The molecule has 1 heterocycles. The number of rotatable bonds is 9. The number of para-hydroxylation sites is 1. The summed E-state index contributed by atoms with van der Waals surface area (Å²) in [6.07, 6.45) is 5.06. The van der Waals surface area contributed by atoms with Crippen LogP contribution in [0, 0.1) is 0 Å². The van der Waals surface area contributed by atoms with Gasteiger partial charge in [0.2, 0.25) is 0 Å². The van der Waals surface area contributed by atoms with Crippen molar-refractivity contribution in [2.75, 3.05) is 44.3 Å². The van der Waals surface area contributed by atoms with E-state index in [4.69, 9.17) is 9.73 Å². The van der Waals surface area contributed by atoms with Gasteiger partial charge in [0.25, 0.3) is 0 Å². The van der Waals surface area contributed by atoms with Crippen molar-refractivity contribution >= 4 is 11.6 Å². The molecule has 5 nitrogen and oxygen atoms in total. The maximum absolute atomic E-state index is 5.47. The van der Waals surface area contributed by atoms with Crippen LogP contribution in [0.5, 0.6) is 0 Å². The van der Waals surface area contributed by atoms with Crippen LogP contribution in [-0.2, 0) is 11.3 Å². The number of guanidine groups is 1. The summed E-state index contributed by atoms with van der Waals surface area (Å²) in [7, 11) is 0. The SMILES string of the molecule is CCCCCCNC(=NCc1ccccc1N1CCOCC1)NCC. The molecule has 0 spiro atoms. The number of unbranched alkanes of at least 4 members (excludes halogenated alkanes) is 3. The molecule has 5 heteroatoms. The highest BCUT2D eigenvalue weighted by Crippen LogP contribution is 2.22. The minimum absolute atomic E-state index is 0.692. The third-order valence-corrected chi connectivity index (χ3v) is 4.42. The second-order valence-electron chi connectivity index (χ2n) is 6.41. The van der Waals surface area contributed by atoms with Gasteiger partial charge in [-0.1, -0.05) is 44.4 Å². The quantitative estimate of drug-likeness (QED) is 0.410. The number of anilines is 1. The van der Waals surface area contributed by atoms with E-state index in [1.807, 2.05) is 0 Å². The zero-order valence-corrected chi connectivity index (χ0v) is 15.9. The van der Waals surface area contributed by atoms with Crippen LogP contribution >= 0.6 is 0 Å². The fraction of sp³-hybridized carbons (Fsp3) is 0.650. The van der Waals surface area contributed by atoms with Crippen LogP contribution in [0.4, 0.5) is 5.69 Å². The number of ether oxygens (including phenoxy) is 1. The lowest BCUT2D eigenvalue weighted by Crippen LogP contribution is -2.38. The number of hydrogen-bond acceptors (Lipinski definition) is 3. The maximum atomic E-state index is 5.47. The van der Waals surface area contributed by atoms with Crippen molar-refractivity contribution in [3.8, 4) is 0 Å². The van der Waals surface area contributed by atoms with Gasteiger partial charge in [-0.2, -0.15) is 0 Å². The van der Waals surface area contributed by atoms with Crippen molar-refractivity contribution in [1.29, 1.82) is 0 Å². The molecule has 0 atom stereocenters. The first-order chi connectivity index (χ1) is 12.3. The third kappa shape index (κ3) is 6.94. The summed E-state index contributed by atoms with van der Waals surface area (Å²) in [5, 5.41) is 6.80. The Balaban J connectivity index is 1.94. The first kappa shape index (κ1) is 19.6. The Morgan fingerprint density at radius 1 is 1.08 bits per heavy atom. The molecule has 0 unspecified atom stereocenters. The molecular weight excluding hydrogens is 312 g/mol. The summed E-state index contributed by atoms with van der Waals surface area (Å²) >= 11 is 0. The third-order valence-electron chi connectivity index (χ3n) is 4.42. The minimum atomic E-state index is 0.692. The first-order valence-corrected chi connectivity index (χ1v) is 9.78. The Kier molecular flexibility index (Phi) is 9.19. The highest BCUT2D eigenvalue weighted by molar-refractivity contribution is 5.79. The van der Waals surface area contributed by atoms with Crippen LogP contribution in [0.15, 0.2) is 29.3 Å². The molecule has 0 radical (unpaired) electrons. The van der Waals surface area contributed by atoms with Gasteiger partial charge in [0.1, 0.15) is 0 Å². The zero-order valence-electron chi connectivity index (χ0n) is 15.9. The Labute approximate surface area is 152 Å². The summed E-state index contributed by atoms with van der Waals surface area (Å²) in [4.78, 5) is 7.20. The standard InChI is InChI=1S/C20H34N4O/c1-3-5-6-9-12-22-20(21-4-2)23-17-18-10-7-8-11-19(18)24-13-15-25-16-14-24/h7-8,10-11H,3-6,9,12-17H2,1-2H3,(H2,21,22,23). The van der Waals surface area contributed by atoms with E-state index >= 15 is 0 Å². The van der Waals surface area contributed by atoms with E-state index in [0.717, 1.165) is 45.4 Å². The van der Waals surface area contributed by atoms with Gasteiger partial charge >= 0.3 is 0 Å². The van der Waals surface area contributed by atoms with E-state index < -0.39 is 0 Å². The summed E-state index contributed by atoms with van der Waals surface area (Å²) in [5.74, 6) is 0.913. The van der Waals surface area contributed by atoms with Crippen molar-refractivity contribution in [1.82, 2.24) is 10.6 Å². The van der Waals surface area contributed by atoms with E-state index in [9.17, 15) is 0 Å². The fourth-order valence-corrected chi connectivity index (χ4v) is 3.02. The highest BCUT2D eigenvalue weighted by Gasteiger charge is 2.14. The molecule has 1 saturated heterocycles. The van der Waals surface area contributed by atoms with E-state index in [1.165, 1.54) is 36.9 Å². The molecule has 0 aromatic heterocycles. The predicted octanol–water partition coefficient (Wildman–Crippen LogP) is 3.16. The van der Waals surface area contributed by atoms with Crippen molar-refractivity contribution in [2.45, 2.75) is 46.1 Å². The van der Waals surface area contributed by atoms with Crippen LogP contribution in [0.25, 0.3) is 0 Å².